The third-order valence-corrected chi connectivity index (χ3v) is 4.52. The van der Waals surface area contributed by atoms with Crippen LogP contribution in [0.1, 0.15) is 24.6 Å². The van der Waals surface area contributed by atoms with Crippen molar-refractivity contribution in [2.45, 2.75) is 26.7 Å². The average Bonchev–Trinajstić information content (AvgIpc) is 2.38. The van der Waals surface area contributed by atoms with Crippen molar-refractivity contribution in [3.05, 3.63) is 44.0 Å². The summed E-state index contributed by atoms with van der Waals surface area (Å²) in [6, 6.07) is 4.98. The zero-order valence-electron chi connectivity index (χ0n) is 10.7. The van der Waals surface area contributed by atoms with E-state index in [1.54, 1.807) is 13.0 Å². The Morgan fingerprint density at radius 2 is 2.05 bits per heavy atom. The molecule has 0 unspecified atom stereocenters. The Hall–Kier alpha value is -0.750. The molecule has 0 bridgehead atoms. The van der Waals surface area contributed by atoms with Crippen molar-refractivity contribution in [1.29, 1.82) is 0 Å². The molecule has 2 nitrogen and oxygen atoms in total. The van der Waals surface area contributed by atoms with Crippen LogP contribution in [0.25, 0.3) is 11.4 Å². The Bertz CT molecular complexity index is 617. The number of aryl methyl sites for hydroxylation is 2. The number of hydrogen-bond donors (Lipinski definition) is 0. The molecular formula is C14H13ClFIN2. The number of benzene rings is 1. The number of nitrogens with zero attached hydrogens (tertiary/aromatic N) is 2. The molecule has 19 heavy (non-hydrogen) atoms. The van der Waals surface area contributed by atoms with E-state index in [4.69, 9.17) is 11.6 Å². The zero-order valence-corrected chi connectivity index (χ0v) is 13.6. The van der Waals surface area contributed by atoms with Crippen LogP contribution in [0.2, 0.25) is 5.15 Å². The van der Waals surface area contributed by atoms with Crippen LogP contribution in [0.15, 0.2) is 18.2 Å². The first-order valence-corrected chi connectivity index (χ1v) is 7.47. The fraction of sp³-hybridized carbons (Fsp3) is 0.286. The number of rotatable bonds is 3. The van der Waals surface area contributed by atoms with Crippen LogP contribution in [-0.2, 0) is 6.42 Å². The van der Waals surface area contributed by atoms with Crippen LogP contribution in [0.5, 0.6) is 0 Å². The number of hydrogen-bond acceptors (Lipinski definition) is 2. The number of halogens is 3. The lowest BCUT2D eigenvalue weighted by Gasteiger charge is -2.08. The van der Waals surface area contributed by atoms with E-state index >= 15 is 0 Å². The molecule has 0 spiro atoms. The van der Waals surface area contributed by atoms with E-state index in [2.05, 4.69) is 39.5 Å². The fourth-order valence-electron chi connectivity index (χ4n) is 1.73. The molecule has 5 heteroatoms. The molecule has 0 radical (unpaired) electrons. The van der Waals surface area contributed by atoms with Crippen molar-refractivity contribution in [1.82, 2.24) is 9.97 Å². The molecule has 100 valence electrons. The van der Waals surface area contributed by atoms with Gasteiger partial charge in [0.2, 0.25) is 0 Å². The molecule has 0 aliphatic rings. The first-order chi connectivity index (χ1) is 9.02. The van der Waals surface area contributed by atoms with E-state index in [-0.39, 0.29) is 5.82 Å². The maximum Gasteiger partial charge on any atom is 0.161 e. The highest BCUT2D eigenvalue weighted by Crippen LogP contribution is 2.25. The Morgan fingerprint density at radius 3 is 2.68 bits per heavy atom. The third-order valence-electron chi connectivity index (χ3n) is 2.80. The Balaban J connectivity index is 2.52. The highest BCUT2D eigenvalue weighted by molar-refractivity contribution is 14.1. The third kappa shape index (κ3) is 3.23. The Labute approximate surface area is 130 Å². The van der Waals surface area contributed by atoms with Gasteiger partial charge in [0.1, 0.15) is 11.0 Å². The second kappa shape index (κ2) is 6.13. The van der Waals surface area contributed by atoms with E-state index < -0.39 is 0 Å². The molecule has 2 rings (SSSR count). The van der Waals surface area contributed by atoms with Gasteiger partial charge in [0.25, 0.3) is 0 Å². The van der Waals surface area contributed by atoms with Gasteiger partial charge < -0.3 is 0 Å². The monoisotopic (exact) mass is 390 g/mol. The first kappa shape index (κ1) is 14.7. The summed E-state index contributed by atoms with van der Waals surface area (Å²) in [7, 11) is 0. The highest BCUT2D eigenvalue weighted by atomic mass is 127. The van der Waals surface area contributed by atoms with Gasteiger partial charge in [-0.3, -0.25) is 0 Å². The quantitative estimate of drug-likeness (QED) is 0.556. The predicted molar refractivity (Wildman–Crippen MR) is 83.9 cm³/mol. The second-order valence-corrected chi connectivity index (χ2v) is 5.75. The summed E-state index contributed by atoms with van der Waals surface area (Å²) in [5.74, 6) is 0.223. The average molecular weight is 391 g/mol. The van der Waals surface area contributed by atoms with E-state index in [1.165, 1.54) is 6.07 Å². The van der Waals surface area contributed by atoms with Crippen LogP contribution >= 0.6 is 34.2 Å². The maximum atomic E-state index is 13.6. The topological polar surface area (TPSA) is 25.8 Å². The predicted octanol–water partition coefficient (Wildman–Crippen LogP) is 4.80. The van der Waals surface area contributed by atoms with Crippen LogP contribution < -0.4 is 0 Å². The molecule has 1 aromatic carbocycles. The Morgan fingerprint density at radius 1 is 1.32 bits per heavy atom. The van der Waals surface area contributed by atoms with Gasteiger partial charge in [-0.05, 0) is 47.6 Å². The van der Waals surface area contributed by atoms with Gasteiger partial charge in [-0.2, -0.15) is 0 Å². The van der Waals surface area contributed by atoms with Gasteiger partial charge in [-0.1, -0.05) is 37.1 Å². The van der Waals surface area contributed by atoms with Crippen molar-refractivity contribution in [3.8, 4) is 11.4 Å². The minimum absolute atomic E-state index is 0.257. The molecule has 0 saturated heterocycles. The molecule has 0 atom stereocenters. The van der Waals surface area contributed by atoms with Crippen molar-refractivity contribution in [2.24, 2.45) is 0 Å². The van der Waals surface area contributed by atoms with E-state index in [0.717, 1.165) is 22.1 Å². The lowest BCUT2D eigenvalue weighted by atomic mass is 10.1. The van der Waals surface area contributed by atoms with E-state index in [1.807, 2.05) is 6.07 Å². The van der Waals surface area contributed by atoms with Gasteiger partial charge in [0, 0.05) is 5.56 Å². The molecule has 0 aliphatic carbocycles. The van der Waals surface area contributed by atoms with E-state index in [9.17, 15) is 4.39 Å². The summed E-state index contributed by atoms with van der Waals surface area (Å²) in [6.07, 6.45) is 1.81. The minimum atomic E-state index is -0.257. The van der Waals surface area contributed by atoms with Gasteiger partial charge in [0.05, 0.1) is 9.26 Å². The normalized spacial score (nSPS) is 10.8. The lowest BCUT2D eigenvalue weighted by Crippen LogP contribution is -2.01. The zero-order chi connectivity index (χ0) is 14.0. The molecule has 1 aromatic heterocycles. The molecule has 2 aromatic rings. The summed E-state index contributed by atoms with van der Waals surface area (Å²) in [5.41, 5.74) is 2.17. The van der Waals surface area contributed by atoms with Crippen LogP contribution in [0.3, 0.4) is 0 Å². The van der Waals surface area contributed by atoms with Crippen LogP contribution in [0.4, 0.5) is 4.39 Å². The summed E-state index contributed by atoms with van der Waals surface area (Å²) >= 11 is 8.27. The van der Waals surface area contributed by atoms with Gasteiger partial charge >= 0.3 is 0 Å². The van der Waals surface area contributed by atoms with Crippen molar-refractivity contribution >= 4 is 34.2 Å². The SMILES string of the molecule is CCCc1nc(-c2ccc(C)c(F)c2)nc(Cl)c1I. The summed E-state index contributed by atoms with van der Waals surface area (Å²) in [4.78, 5) is 8.73. The first-order valence-electron chi connectivity index (χ1n) is 6.01. The largest absolute Gasteiger partial charge is 0.232 e. The fourth-order valence-corrected chi connectivity index (χ4v) is 2.43. The van der Waals surface area contributed by atoms with Gasteiger partial charge in [0.15, 0.2) is 5.82 Å². The van der Waals surface area contributed by atoms with Gasteiger partial charge in [-0.15, -0.1) is 0 Å². The van der Waals surface area contributed by atoms with Crippen molar-refractivity contribution in [2.75, 3.05) is 0 Å². The molecular weight excluding hydrogens is 378 g/mol. The summed E-state index contributed by atoms with van der Waals surface area (Å²) < 4.78 is 14.5. The molecule has 0 fully saturated rings. The lowest BCUT2D eigenvalue weighted by molar-refractivity contribution is 0.619. The van der Waals surface area contributed by atoms with Gasteiger partial charge in [-0.25, -0.2) is 14.4 Å². The number of aromatic nitrogens is 2. The smallest absolute Gasteiger partial charge is 0.161 e. The van der Waals surface area contributed by atoms with Crippen molar-refractivity contribution in [3.63, 3.8) is 0 Å². The minimum Gasteiger partial charge on any atom is -0.232 e. The van der Waals surface area contributed by atoms with Crippen LogP contribution in [0, 0.1) is 16.3 Å². The highest BCUT2D eigenvalue weighted by Gasteiger charge is 2.12. The Kier molecular flexibility index (Phi) is 4.73. The molecule has 1 heterocycles. The molecule has 0 saturated carbocycles. The van der Waals surface area contributed by atoms with Crippen LogP contribution in [-0.4, -0.2) is 9.97 Å². The molecule has 0 N–H and O–H groups in total. The summed E-state index contributed by atoms with van der Waals surface area (Å²) in [5, 5.41) is 0.426. The molecule has 0 amide bonds. The standard InChI is InChI=1S/C14H13ClFIN2/c1-3-4-11-12(17)13(15)19-14(18-11)9-6-5-8(2)10(16)7-9/h5-7H,3-4H2,1-2H3. The summed E-state index contributed by atoms with van der Waals surface area (Å²) in [6.45, 7) is 3.81. The van der Waals surface area contributed by atoms with E-state index in [0.29, 0.717) is 22.1 Å². The maximum absolute atomic E-state index is 13.6. The van der Waals surface area contributed by atoms with Crippen molar-refractivity contribution < 1.29 is 4.39 Å². The molecule has 0 aliphatic heterocycles. The second-order valence-electron chi connectivity index (χ2n) is 4.31.